The molecule has 5 nitrogen and oxygen atoms in total. The highest BCUT2D eigenvalue weighted by atomic mass is 35.5. The molecule has 1 saturated heterocycles. The molecule has 0 radical (unpaired) electrons. The van der Waals surface area contributed by atoms with E-state index in [2.05, 4.69) is 27.7 Å². The summed E-state index contributed by atoms with van der Waals surface area (Å²) in [4.78, 5) is 29.2. The van der Waals surface area contributed by atoms with E-state index in [0.717, 1.165) is 37.8 Å². The zero-order chi connectivity index (χ0) is 23.9. The first kappa shape index (κ1) is 23.8. The van der Waals surface area contributed by atoms with Crippen LogP contribution in [0.1, 0.15) is 49.7 Å². The SMILES string of the molecule is Cc1ccc(F)c(CNC(=O)[C@H]2[C@H](C(=O)NCCCCN3CCCC3)[C@H]3C=C[C@@H]2C32CC2)c1Cl. The summed E-state index contributed by atoms with van der Waals surface area (Å²) in [7, 11) is 0. The smallest absolute Gasteiger partial charge is 0.224 e. The third-order valence-corrected chi connectivity index (χ3v) is 9.19. The van der Waals surface area contributed by atoms with Crippen LogP contribution in [0.25, 0.3) is 0 Å². The number of rotatable bonds is 9. The molecule has 2 bridgehead atoms. The van der Waals surface area contributed by atoms with Gasteiger partial charge in [-0.25, -0.2) is 4.39 Å². The van der Waals surface area contributed by atoms with E-state index in [4.69, 9.17) is 11.6 Å². The number of unbranched alkanes of at least 4 members (excludes halogenated alkanes) is 1. The van der Waals surface area contributed by atoms with Crippen LogP contribution in [-0.2, 0) is 16.1 Å². The van der Waals surface area contributed by atoms with Crippen molar-refractivity contribution in [2.45, 2.75) is 52.0 Å². The van der Waals surface area contributed by atoms with E-state index in [1.165, 1.54) is 32.0 Å². The maximum absolute atomic E-state index is 14.3. The molecule has 4 atom stereocenters. The molecule has 2 N–H and O–H groups in total. The summed E-state index contributed by atoms with van der Waals surface area (Å²) >= 11 is 6.29. The van der Waals surface area contributed by atoms with Gasteiger partial charge in [0, 0.05) is 18.7 Å². The third-order valence-electron chi connectivity index (χ3n) is 8.66. The van der Waals surface area contributed by atoms with E-state index in [9.17, 15) is 14.0 Å². The first-order chi connectivity index (χ1) is 16.4. The van der Waals surface area contributed by atoms with Gasteiger partial charge in [0.2, 0.25) is 11.8 Å². The Kier molecular flexibility index (Phi) is 6.73. The second-order valence-corrected chi connectivity index (χ2v) is 11.0. The molecule has 1 aliphatic heterocycles. The Bertz CT molecular complexity index is 986. The van der Waals surface area contributed by atoms with E-state index in [1.54, 1.807) is 6.07 Å². The molecule has 34 heavy (non-hydrogen) atoms. The number of likely N-dealkylation sites (tertiary alicyclic amines) is 1. The number of nitrogens with one attached hydrogen (secondary N) is 2. The highest BCUT2D eigenvalue weighted by Crippen LogP contribution is 2.72. The number of amides is 2. The van der Waals surface area contributed by atoms with E-state index >= 15 is 0 Å². The van der Waals surface area contributed by atoms with Gasteiger partial charge in [0.1, 0.15) is 5.82 Å². The van der Waals surface area contributed by atoms with E-state index < -0.39 is 11.7 Å². The Morgan fingerprint density at radius 1 is 1.06 bits per heavy atom. The fourth-order valence-electron chi connectivity index (χ4n) is 6.68. The van der Waals surface area contributed by atoms with Crippen molar-refractivity contribution < 1.29 is 14.0 Å². The van der Waals surface area contributed by atoms with Gasteiger partial charge in [-0.3, -0.25) is 9.59 Å². The van der Waals surface area contributed by atoms with E-state index in [-0.39, 0.29) is 41.5 Å². The lowest BCUT2D eigenvalue weighted by atomic mass is 9.81. The number of hydrogen-bond acceptors (Lipinski definition) is 3. The number of carbonyl (C=O) groups excluding carboxylic acids is 2. The van der Waals surface area contributed by atoms with Crippen LogP contribution in [0, 0.1) is 41.8 Å². The highest BCUT2D eigenvalue weighted by Gasteiger charge is 2.69. The normalized spacial score (nSPS) is 28.6. The molecular formula is C27H35ClFN3O2. The van der Waals surface area contributed by atoms with Crippen LogP contribution in [0.5, 0.6) is 0 Å². The fraction of sp³-hybridized carbons (Fsp3) is 0.630. The lowest BCUT2D eigenvalue weighted by molar-refractivity contribution is -0.135. The second-order valence-electron chi connectivity index (χ2n) is 10.6. The van der Waals surface area contributed by atoms with Crippen molar-refractivity contribution in [1.82, 2.24) is 15.5 Å². The van der Waals surface area contributed by atoms with Crippen molar-refractivity contribution in [2.75, 3.05) is 26.2 Å². The van der Waals surface area contributed by atoms with Crippen LogP contribution in [0.3, 0.4) is 0 Å². The van der Waals surface area contributed by atoms with Crippen molar-refractivity contribution in [3.05, 3.63) is 46.3 Å². The van der Waals surface area contributed by atoms with Crippen LogP contribution < -0.4 is 10.6 Å². The molecule has 1 aromatic rings. The number of benzene rings is 1. The summed E-state index contributed by atoms with van der Waals surface area (Å²) in [6, 6.07) is 3.01. The fourth-order valence-corrected chi connectivity index (χ4v) is 6.90. The zero-order valence-electron chi connectivity index (χ0n) is 19.9. The molecule has 3 aliphatic carbocycles. The maximum atomic E-state index is 14.3. The topological polar surface area (TPSA) is 61.4 Å². The van der Waals surface area contributed by atoms with Crippen LogP contribution in [0.4, 0.5) is 4.39 Å². The molecule has 7 heteroatoms. The predicted molar refractivity (Wildman–Crippen MR) is 131 cm³/mol. The molecule has 4 aliphatic rings. The lowest BCUT2D eigenvalue weighted by Crippen LogP contribution is -2.44. The minimum atomic E-state index is -0.425. The van der Waals surface area contributed by atoms with Gasteiger partial charge in [0.15, 0.2) is 0 Å². The quantitative estimate of drug-likeness (QED) is 0.405. The summed E-state index contributed by atoms with van der Waals surface area (Å²) in [5.41, 5.74) is 1.15. The Balaban J connectivity index is 1.21. The maximum Gasteiger partial charge on any atom is 0.224 e. The third kappa shape index (κ3) is 4.28. The van der Waals surface area contributed by atoms with Crippen molar-refractivity contribution in [3.63, 3.8) is 0 Å². The zero-order valence-corrected chi connectivity index (χ0v) is 20.7. The van der Waals surface area contributed by atoms with Gasteiger partial charge in [0.25, 0.3) is 0 Å². The molecule has 3 fully saturated rings. The molecule has 1 aromatic carbocycles. The van der Waals surface area contributed by atoms with Gasteiger partial charge in [-0.2, -0.15) is 0 Å². The number of nitrogens with zero attached hydrogens (tertiary/aromatic N) is 1. The van der Waals surface area contributed by atoms with Crippen LogP contribution in [0.2, 0.25) is 5.02 Å². The van der Waals surface area contributed by atoms with Crippen molar-refractivity contribution >= 4 is 23.4 Å². The molecule has 2 amide bonds. The van der Waals surface area contributed by atoms with Crippen molar-refractivity contribution in [1.29, 1.82) is 0 Å². The van der Waals surface area contributed by atoms with Crippen LogP contribution >= 0.6 is 11.6 Å². The Hall–Kier alpha value is -1.92. The molecule has 1 heterocycles. The molecule has 5 rings (SSSR count). The molecule has 0 unspecified atom stereocenters. The molecule has 1 spiro atoms. The minimum Gasteiger partial charge on any atom is -0.356 e. The van der Waals surface area contributed by atoms with Crippen molar-refractivity contribution in [3.8, 4) is 0 Å². The first-order valence-electron chi connectivity index (χ1n) is 12.8. The molecule has 184 valence electrons. The summed E-state index contributed by atoms with van der Waals surface area (Å²) in [6.45, 7) is 5.98. The summed E-state index contributed by atoms with van der Waals surface area (Å²) < 4.78 is 14.3. The lowest BCUT2D eigenvalue weighted by Gasteiger charge is -2.26. The average Bonchev–Trinajstić information content (AvgIpc) is 3.18. The monoisotopic (exact) mass is 487 g/mol. The number of aryl methyl sites for hydroxylation is 1. The molecular weight excluding hydrogens is 453 g/mol. The van der Waals surface area contributed by atoms with Gasteiger partial charge < -0.3 is 15.5 Å². The largest absolute Gasteiger partial charge is 0.356 e. The molecule has 2 saturated carbocycles. The standard InChI is InChI=1S/C27H35ClFN3O2/c1-17-6-9-21(29)18(24(17)28)16-31-26(34)23-20-8-7-19(27(20)10-11-27)22(23)25(33)30-12-2-3-13-32-14-4-5-15-32/h6-9,19-20,22-23H,2-5,10-16H2,1H3,(H,30,33)(H,31,34)/t19-,20+,22-,23-/m1/s1. The number of carbonyl (C=O) groups is 2. The van der Waals surface area contributed by atoms with Gasteiger partial charge in [-0.1, -0.05) is 29.8 Å². The second kappa shape index (κ2) is 9.62. The molecule has 0 aromatic heterocycles. The summed E-state index contributed by atoms with van der Waals surface area (Å²) in [6.07, 6.45) is 11.1. The summed E-state index contributed by atoms with van der Waals surface area (Å²) in [5, 5.41) is 6.38. The summed E-state index contributed by atoms with van der Waals surface area (Å²) in [5.74, 6) is -1.16. The van der Waals surface area contributed by atoms with E-state index in [0.29, 0.717) is 17.1 Å². The van der Waals surface area contributed by atoms with Gasteiger partial charge in [-0.05, 0) is 94.0 Å². The number of allylic oxidation sites excluding steroid dienone is 2. The first-order valence-corrected chi connectivity index (χ1v) is 13.2. The number of hydrogen-bond donors (Lipinski definition) is 2. The minimum absolute atomic E-state index is 0.00999. The van der Waals surface area contributed by atoms with E-state index in [1.807, 2.05) is 6.92 Å². The Morgan fingerprint density at radius 3 is 2.35 bits per heavy atom. The van der Waals surface area contributed by atoms with Gasteiger partial charge in [0.05, 0.1) is 16.9 Å². The predicted octanol–water partition coefficient (Wildman–Crippen LogP) is 4.22. The van der Waals surface area contributed by atoms with Gasteiger partial charge >= 0.3 is 0 Å². The van der Waals surface area contributed by atoms with Crippen LogP contribution in [-0.4, -0.2) is 42.9 Å². The van der Waals surface area contributed by atoms with Crippen LogP contribution in [0.15, 0.2) is 24.3 Å². The Morgan fingerprint density at radius 2 is 1.71 bits per heavy atom. The van der Waals surface area contributed by atoms with Crippen molar-refractivity contribution in [2.24, 2.45) is 29.1 Å². The number of halogens is 2. The highest BCUT2D eigenvalue weighted by molar-refractivity contribution is 6.32. The van der Waals surface area contributed by atoms with Gasteiger partial charge in [-0.15, -0.1) is 0 Å². The Labute approximate surface area is 206 Å². The average molecular weight is 488 g/mol.